The summed E-state index contributed by atoms with van der Waals surface area (Å²) in [7, 11) is 0. The SMILES string of the molecule is CC(C)c1ccc(CNCCC(C)(C)O)cc1. The maximum atomic E-state index is 9.57. The number of rotatable bonds is 6. The minimum absolute atomic E-state index is 0.575. The van der Waals surface area contributed by atoms with E-state index < -0.39 is 5.60 Å². The third-order valence-corrected chi connectivity index (χ3v) is 2.89. The van der Waals surface area contributed by atoms with E-state index in [2.05, 4.69) is 43.4 Å². The molecule has 0 atom stereocenters. The maximum absolute atomic E-state index is 9.57. The third-order valence-electron chi connectivity index (χ3n) is 2.89. The highest BCUT2D eigenvalue weighted by Gasteiger charge is 2.10. The Kier molecular flexibility index (Phi) is 5.16. The second-order valence-corrected chi connectivity index (χ2v) is 5.64. The molecule has 1 rings (SSSR count). The summed E-state index contributed by atoms with van der Waals surface area (Å²) in [5, 5.41) is 12.9. The minimum Gasteiger partial charge on any atom is -0.390 e. The van der Waals surface area contributed by atoms with E-state index in [4.69, 9.17) is 0 Å². The van der Waals surface area contributed by atoms with E-state index in [1.807, 2.05) is 13.8 Å². The van der Waals surface area contributed by atoms with Crippen molar-refractivity contribution in [2.45, 2.75) is 52.2 Å². The maximum Gasteiger partial charge on any atom is 0.0603 e. The fraction of sp³-hybridized carbons (Fsp3) is 0.600. The van der Waals surface area contributed by atoms with Crippen molar-refractivity contribution in [2.24, 2.45) is 0 Å². The zero-order valence-electron chi connectivity index (χ0n) is 11.5. The number of benzene rings is 1. The average molecular weight is 235 g/mol. The first-order valence-electron chi connectivity index (χ1n) is 6.40. The molecule has 2 nitrogen and oxygen atoms in total. The summed E-state index contributed by atoms with van der Waals surface area (Å²) in [6, 6.07) is 8.73. The lowest BCUT2D eigenvalue weighted by atomic mass is 10.0. The fourth-order valence-corrected chi connectivity index (χ4v) is 1.65. The molecule has 0 aromatic heterocycles. The van der Waals surface area contributed by atoms with E-state index in [-0.39, 0.29) is 0 Å². The van der Waals surface area contributed by atoms with Gasteiger partial charge in [-0.15, -0.1) is 0 Å². The molecule has 0 aliphatic heterocycles. The van der Waals surface area contributed by atoms with E-state index >= 15 is 0 Å². The van der Waals surface area contributed by atoms with Crippen LogP contribution < -0.4 is 5.32 Å². The lowest BCUT2D eigenvalue weighted by Crippen LogP contribution is -2.26. The van der Waals surface area contributed by atoms with Crippen molar-refractivity contribution < 1.29 is 5.11 Å². The Hall–Kier alpha value is -0.860. The Morgan fingerprint density at radius 1 is 1.18 bits per heavy atom. The van der Waals surface area contributed by atoms with Crippen LogP contribution in [0.1, 0.15) is 51.2 Å². The lowest BCUT2D eigenvalue weighted by Gasteiger charge is -2.17. The molecule has 0 saturated carbocycles. The normalized spacial score (nSPS) is 12.1. The Bertz CT molecular complexity index is 322. The van der Waals surface area contributed by atoms with Gasteiger partial charge in [0.1, 0.15) is 0 Å². The Balaban J connectivity index is 2.33. The summed E-state index contributed by atoms with van der Waals surface area (Å²) >= 11 is 0. The smallest absolute Gasteiger partial charge is 0.0603 e. The lowest BCUT2D eigenvalue weighted by molar-refractivity contribution is 0.0711. The van der Waals surface area contributed by atoms with Gasteiger partial charge in [-0.2, -0.15) is 0 Å². The van der Waals surface area contributed by atoms with Crippen LogP contribution in [0, 0.1) is 0 Å². The van der Waals surface area contributed by atoms with Gasteiger partial charge in [-0.1, -0.05) is 38.1 Å². The van der Waals surface area contributed by atoms with Gasteiger partial charge < -0.3 is 10.4 Å². The second-order valence-electron chi connectivity index (χ2n) is 5.64. The van der Waals surface area contributed by atoms with Crippen LogP contribution in [0.5, 0.6) is 0 Å². The van der Waals surface area contributed by atoms with E-state index in [9.17, 15) is 5.11 Å². The second kappa shape index (κ2) is 6.18. The molecule has 96 valence electrons. The van der Waals surface area contributed by atoms with Crippen LogP contribution >= 0.6 is 0 Å². The number of hydrogen-bond acceptors (Lipinski definition) is 2. The number of aliphatic hydroxyl groups is 1. The highest BCUT2D eigenvalue weighted by Crippen LogP contribution is 2.14. The van der Waals surface area contributed by atoms with Crippen LogP contribution in [0.4, 0.5) is 0 Å². The van der Waals surface area contributed by atoms with Gasteiger partial charge in [0, 0.05) is 6.54 Å². The number of nitrogens with one attached hydrogen (secondary N) is 1. The molecular weight excluding hydrogens is 210 g/mol. The van der Waals surface area contributed by atoms with Crippen LogP contribution in [-0.2, 0) is 6.54 Å². The molecule has 0 amide bonds. The van der Waals surface area contributed by atoms with E-state index in [0.29, 0.717) is 5.92 Å². The van der Waals surface area contributed by atoms with Gasteiger partial charge in [-0.25, -0.2) is 0 Å². The van der Waals surface area contributed by atoms with Gasteiger partial charge in [0.05, 0.1) is 5.60 Å². The predicted molar refractivity (Wildman–Crippen MR) is 73.2 cm³/mol. The summed E-state index contributed by atoms with van der Waals surface area (Å²) in [4.78, 5) is 0. The summed E-state index contributed by atoms with van der Waals surface area (Å²) in [5.41, 5.74) is 2.10. The average Bonchev–Trinajstić information content (AvgIpc) is 2.24. The molecule has 0 bridgehead atoms. The van der Waals surface area contributed by atoms with Gasteiger partial charge in [0.15, 0.2) is 0 Å². The van der Waals surface area contributed by atoms with Gasteiger partial charge >= 0.3 is 0 Å². The van der Waals surface area contributed by atoms with Gasteiger partial charge in [0.25, 0.3) is 0 Å². The highest BCUT2D eigenvalue weighted by molar-refractivity contribution is 5.24. The van der Waals surface area contributed by atoms with Crippen LogP contribution in [-0.4, -0.2) is 17.3 Å². The zero-order valence-corrected chi connectivity index (χ0v) is 11.5. The first-order chi connectivity index (χ1) is 7.88. The van der Waals surface area contributed by atoms with Gasteiger partial charge in [-0.3, -0.25) is 0 Å². The van der Waals surface area contributed by atoms with Crippen molar-refractivity contribution >= 4 is 0 Å². The van der Waals surface area contributed by atoms with Crippen molar-refractivity contribution in [1.29, 1.82) is 0 Å². The van der Waals surface area contributed by atoms with Crippen LogP contribution in [0.3, 0.4) is 0 Å². The third kappa shape index (κ3) is 5.85. The van der Waals surface area contributed by atoms with Crippen LogP contribution in [0.2, 0.25) is 0 Å². The molecule has 0 aliphatic carbocycles. The molecule has 17 heavy (non-hydrogen) atoms. The van der Waals surface area contributed by atoms with Crippen molar-refractivity contribution in [2.75, 3.05) is 6.54 Å². The van der Waals surface area contributed by atoms with E-state index in [1.165, 1.54) is 11.1 Å². The molecule has 2 N–H and O–H groups in total. The molecule has 1 aromatic carbocycles. The highest BCUT2D eigenvalue weighted by atomic mass is 16.3. The van der Waals surface area contributed by atoms with Crippen molar-refractivity contribution in [3.05, 3.63) is 35.4 Å². The van der Waals surface area contributed by atoms with Gasteiger partial charge in [0.2, 0.25) is 0 Å². The van der Waals surface area contributed by atoms with Crippen LogP contribution in [0.15, 0.2) is 24.3 Å². The summed E-state index contributed by atoms with van der Waals surface area (Å²) < 4.78 is 0. The standard InChI is InChI=1S/C15H25NO/c1-12(2)14-7-5-13(6-8-14)11-16-10-9-15(3,4)17/h5-8,12,16-17H,9-11H2,1-4H3. The fourth-order valence-electron chi connectivity index (χ4n) is 1.65. The first kappa shape index (κ1) is 14.2. The molecule has 0 unspecified atom stereocenters. The molecule has 0 saturated heterocycles. The number of hydrogen-bond donors (Lipinski definition) is 2. The monoisotopic (exact) mass is 235 g/mol. The molecular formula is C15H25NO. The molecule has 1 aromatic rings. The zero-order chi connectivity index (χ0) is 12.9. The van der Waals surface area contributed by atoms with Crippen molar-refractivity contribution in [3.63, 3.8) is 0 Å². The molecule has 0 fully saturated rings. The largest absolute Gasteiger partial charge is 0.390 e. The Labute approximate surface area is 105 Å². The summed E-state index contributed by atoms with van der Waals surface area (Å²) in [6.07, 6.45) is 0.775. The summed E-state index contributed by atoms with van der Waals surface area (Å²) in [5.74, 6) is 0.590. The summed E-state index contributed by atoms with van der Waals surface area (Å²) in [6.45, 7) is 9.80. The van der Waals surface area contributed by atoms with Crippen molar-refractivity contribution in [1.82, 2.24) is 5.32 Å². The van der Waals surface area contributed by atoms with Crippen LogP contribution in [0.25, 0.3) is 0 Å². The quantitative estimate of drug-likeness (QED) is 0.743. The molecule has 0 aliphatic rings. The Morgan fingerprint density at radius 3 is 2.24 bits per heavy atom. The topological polar surface area (TPSA) is 32.3 Å². The molecule has 2 heteroatoms. The molecule has 0 radical (unpaired) electrons. The minimum atomic E-state index is -0.575. The van der Waals surface area contributed by atoms with Crippen molar-refractivity contribution in [3.8, 4) is 0 Å². The Morgan fingerprint density at radius 2 is 1.76 bits per heavy atom. The van der Waals surface area contributed by atoms with E-state index in [1.54, 1.807) is 0 Å². The predicted octanol–water partition coefficient (Wildman–Crippen LogP) is 3.06. The van der Waals surface area contributed by atoms with E-state index in [0.717, 1.165) is 19.5 Å². The molecule has 0 spiro atoms. The first-order valence-corrected chi connectivity index (χ1v) is 6.40. The van der Waals surface area contributed by atoms with Gasteiger partial charge in [-0.05, 0) is 43.9 Å². The molecule has 0 heterocycles.